The van der Waals surface area contributed by atoms with Crippen LogP contribution in [0.1, 0.15) is 49.1 Å². The molecule has 1 fully saturated rings. The third-order valence-corrected chi connectivity index (χ3v) is 7.75. The number of halogens is 3. The van der Waals surface area contributed by atoms with Crippen LogP contribution in [-0.4, -0.2) is 54.7 Å². The van der Waals surface area contributed by atoms with Gasteiger partial charge < -0.3 is 15.5 Å². The van der Waals surface area contributed by atoms with E-state index in [9.17, 15) is 28.2 Å². The van der Waals surface area contributed by atoms with Gasteiger partial charge >= 0.3 is 12.1 Å². The topological polar surface area (TPSA) is 111 Å². The van der Waals surface area contributed by atoms with Gasteiger partial charge in [0, 0.05) is 23.6 Å². The first-order chi connectivity index (χ1) is 17.3. The van der Waals surface area contributed by atoms with Crippen molar-refractivity contribution in [2.24, 2.45) is 5.92 Å². The molecule has 8 nitrogen and oxygen atoms in total. The number of hydrogen-bond donors (Lipinski definition) is 3. The lowest BCUT2D eigenvalue weighted by molar-refractivity contribution is -0.144. The molecule has 0 spiro atoms. The Bertz CT molecular complexity index is 1270. The third-order valence-electron chi connectivity index (χ3n) is 6.65. The van der Waals surface area contributed by atoms with Crippen molar-refractivity contribution < 1.29 is 28.2 Å². The highest BCUT2D eigenvalue weighted by molar-refractivity contribution is 7.15. The minimum atomic E-state index is -4.57. The van der Waals surface area contributed by atoms with Gasteiger partial charge in [0.15, 0.2) is 0 Å². The van der Waals surface area contributed by atoms with Crippen LogP contribution in [0.5, 0.6) is 0 Å². The lowest BCUT2D eigenvalue weighted by Crippen LogP contribution is -2.52. The van der Waals surface area contributed by atoms with Gasteiger partial charge in [-0.15, -0.1) is 11.3 Å². The highest BCUT2D eigenvalue weighted by atomic mass is 32.1. The van der Waals surface area contributed by atoms with E-state index in [4.69, 9.17) is 0 Å². The lowest BCUT2D eigenvalue weighted by Gasteiger charge is -2.44. The van der Waals surface area contributed by atoms with Crippen LogP contribution < -0.4 is 5.32 Å². The van der Waals surface area contributed by atoms with Gasteiger partial charge in [0.05, 0.1) is 10.8 Å². The number of rotatable bonds is 7. The van der Waals surface area contributed by atoms with Gasteiger partial charge in [-0.1, -0.05) is 6.07 Å². The number of carboxylic acids is 1. The van der Waals surface area contributed by atoms with Crippen LogP contribution in [0.25, 0.3) is 10.4 Å². The molecule has 0 saturated carbocycles. The standard InChI is InChI=1S/C25H28F3N5O3S/c1-14-10-16(12-17(11-14)31-23-29-7-4-19(32-23)25(26,27)28)18-13-30-21(37-18)20(34)24(2,3)33-8-5-15(6-9-33)22(35)36/h4,7,10-13,15,20,34H,5-6,8-9H2,1-3H3,(H,35,36)(H,29,31,32). The summed E-state index contributed by atoms with van der Waals surface area (Å²) in [5.41, 5.74) is 0.480. The molecule has 0 bridgehead atoms. The molecular formula is C25H28F3N5O3S. The maximum absolute atomic E-state index is 13.0. The second-order valence-corrected chi connectivity index (χ2v) is 10.8. The van der Waals surface area contributed by atoms with Crippen molar-refractivity contribution in [3.63, 3.8) is 0 Å². The summed E-state index contributed by atoms with van der Waals surface area (Å²) in [6, 6.07) is 6.27. The Kier molecular flexibility index (Phi) is 7.54. The number of nitrogens with zero attached hydrogens (tertiary/aromatic N) is 4. The molecule has 3 heterocycles. The molecule has 4 rings (SSSR count). The molecular weight excluding hydrogens is 507 g/mol. The highest BCUT2D eigenvalue weighted by Crippen LogP contribution is 2.39. The fourth-order valence-electron chi connectivity index (χ4n) is 4.43. The van der Waals surface area contributed by atoms with Gasteiger partial charge in [-0.2, -0.15) is 13.2 Å². The second kappa shape index (κ2) is 10.3. The van der Waals surface area contributed by atoms with Crippen LogP contribution in [0, 0.1) is 12.8 Å². The van der Waals surface area contributed by atoms with E-state index in [1.165, 1.54) is 11.3 Å². The summed E-state index contributed by atoms with van der Waals surface area (Å²) in [5, 5.41) is 23.8. The molecule has 12 heteroatoms. The number of carbonyl (C=O) groups is 1. The minimum absolute atomic E-state index is 0.166. The molecule has 3 N–H and O–H groups in total. The number of thiazole rings is 1. The highest BCUT2D eigenvalue weighted by Gasteiger charge is 2.39. The molecule has 198 valence electrons. The van der Waals surface area contributed by atoms with Crippen LogP contribution in [0.4, 0.5) is 24.8 Å². The first-order valence-electron chi connectivity index (χ1n) is 11.8. The molecule has 0 radical (unpaired) electrons. The molecule has 0 aliphatic carbocycles. The van der Waals surface area contributed by atoms with Crippen molar-refractivity contribution in [2.45, 2.75) is 51.4 Å². The third kappa shape index (κ3) is 6.08. The first-order valence-corrected chi connectivity index (χ1v) is 12.6. The zero-order valence-electron chi connectivity index (χ0n) is 20.6. The van der Waals surface area contributed by atoms with E-state index in [0.29, 0.717) is 36.6 Å². The fraction of sp³-hybridized carbons (Fsp3) is 0.440. The number of alkyl halides is 3. The monoisotopic (exact) mass is 535 g/mol. The van der Waals surface area contributed by atoms with Crippen molar-refractivity contribution in [1.82, 2.24) is 19.9 Å². The number of aliphatic hydroxyl groups excluding tert-OH is 1. The largest absolute Gasteiger partial charge is 0.481 e. The number of hydrogen-bond acceptors (Lipinski definition) is 8. The zero-order valence-corrected chi connectivity index (χ0v) is 21.4. The van der Waals surface area contributed by atoms with Crippen molar-refractivity contribution in [1.29, 1.82) is 0 Å². The molecule has 1 aliphatic rings. The molecule has 1 aromatic carbocycles. The number of aryl methyl sites for hydroxylation is 1. The van der Waals surface area contributed by atoms with Gasteiger partial charge in [0.1, 0.15) is 16.8 Å². The summed E-state index contributed by atoms with van der Waals surface area (Å²) in [4.78, 5) is 26.1. The van der Waals surface area contributed by atoms with Gasteiger partial charge in [-0.3, -0.25) is 9.69 Å². The van der Waals surface area contributed by atoms with E-state index in [2.05, 4.69) is 25.2 Å². The van der Waals surface area contributed by atoms with E-state index in [1.54, 1.807) is 18.3 Å². The smallest absolute Gasteiger partial charge is 0.433 e. The van der Waals surface area contributed by atoms with Crippen molar-refractivity contribution in [3.05, 3.63) is 52.9 Å². The Morgan fingerprint density at radius 3 is 2.54 bits per heavy atom. The van der Waals surface area contributed by atoms with E-state index in [-0.39, 0.29) is 11.9 Å². The number of benzene rings is 1. The van der Waals surface area contributed by atoms with Crippen molar-refractivity contribution in [3.8, 4) is 10.4 Å². The van der Waals surface area contributed by atoms with Crippen LogP contribution in [-0.2, 0) is 11.0 Å². The Hall–Kier alpha value is -3.09. The van der Waals surface area contributed by atoms with E-state index in [0.717, 1.165) is 28.3 Å². The van der Waals surface area contributed by atoms with Crippen molar-refractivity contribution in [2.75, 3.05) is 18.4 Å². The van der Waals surface area contributed by atoms with E-state index in [1.807, 2.05) is 26.8 Å². The Morgan fingerprint density at radius 2 is 1.89 bits per heavy atom. The summed E-state index contributed by atoms with van der Waals surface area (Å²) >= 11 is 1.33. The van der Waals surface area contributed by atoms with Crippen molar-refractivity contribution >= 4 is 28.9 Å². The minimum Gasteiger partial charge on any atom is -0.481 e. The SMILES string of the molecule is Cc1cc(Nc2nccc(C(F)(F)F)n2)cc(-c2cnc(C(O)C(C)(C)N3CCC(C(=O)O)CC3)s2)c1. The number of likely N-dealkylation sites (tertiary alicyclic amines) is 1. The summed E-state index contributed by atoms with van der Waals surface area (Å²) in [6.07, 6.45) is -1.69. The number of carboxylic acid groups (broad SMARTS) is 1. The molecule has 37 heavy (non-hydrogen) atoms. The maximum Gasteiger partial charge on any atom is 0.433 e. The second-order valence-electron chi connectivity index (χ2n) is 9.69. The van der Waals surface area contributed by atoms with Gasteiger partial charge in [0.25, 0.3) is 0 Å². The van der Waals surface area contributed by atoms with Crippen LogP contribution in [0.2, 0.25) is 0 Å². The summed E-state index contributed by atoms with van der Waals surface area (Å²) in [7, 11) is 0. The fourth-order valence-corrected chi connectivity index (χ4v) is 5.50. The first kappa shape index (κ1) is 27.0. The number of anilines is 2. The van der Waals surface area contributed by atoms with E-state index < -0.39 is 29.5 Å². The molecule has 2 aromatic heterocycles. The summed E-state index contributed by atoms with van der Waals surface area (Å²) < 4.78 is 39.0. The van der Waals surface area contributed by atoms with Gasteiger partial charge in [-0.05, 0) is 76.0 Å². The normalized spacial score (nSPS) is 16.5. The number of piperidine rings is 1. The van der Waals surface area contributed by atoms with E-state index >= 15 is 0 Å². The molecule has 3 aromatic rings. The zero-order chi connectivity index (χ0) is 27.0. The summed E-state index contributed by atoms with van der Waals surface area (Å²) in [5.74, 6) is -1.31. The quantitative estimate of drug-likeness (QED) is 0.375. The Morgan fingerprint density at radius 1 is 1.19 bits per heavy atom. The Balaban J connectivity index is 1.52. The molecule has 0 amide bonds. The summed E-state index contributed by atoms with van der Waals surface area (Å²) in [6.45, 7) is 6.85. The van der Waals surface area contributed by atoms with Crippen LogP contribution in [0.3, 0.4) is 0 Å². The number of aliphatic hydroxyl groups is 1. The average Bonchev–Trinajstić information content (AvgIpc) is 3.33. The predicted molar refractivity (Wildman–Crippen MR) is 134 cm³/mol. The average molecular weight is 536 g/mol. The van der Waals surface area contributed by atoms with Crippen LogP contribution in [0.15, 0.2) is 36.7 Å². The predicted octanol–water partition coefficient (Wildman–Crippen LogP) is 5.28. The molecule has 1 unspecified atom stereocenters. The number of nitrogens with one attached hydrogen (secondary N) is 1. The van der Waals surface area contributed by atoms with Crippen LogP contribution >= 0.6 is 11.3 Å². The molecule has 1 saturated heterocycles. The number of aromatic nitrogens is 3. The molecule has 1 aliphatic heterocycles. The lowest BCUT2D eigenvalue weighted by atomic mass is 9.89. The van der Waals surface area contributed by atoms with Gasteiger partial charge in [-0.25, -0.2) is 15.0 Å². The number of aliphatic carboxylic acids is 1. The van der Waals surface area contributed by atoms with Gasteiger partial charge in [0.2, 0.25) is 5.95 Å². The Labute approximate surface area is 216 Å². The maximum atomic E-state index is 13.0. The molecule has 1 atom stereocenters.